The summed E-state index contributed by atoms with van der Waals surface area (Å²) in [6.45, 7) is 2.46. The van der Waals surface area contributed by atoms with Gasteiger partial charge in [0.1, 0.15) is 0 Å². The van der Waals surface area contributed by atoms with Gasteiger partial charge in [-0.15, -0.1) is 0 Å². The van der Waals surface area contributed by atoms with E-state index in [9.17, 15) is 4.79 Å². The molecule has 0 fully saturated rings. The number of nitrogens with zero attached hydrogens (tertiary/aromatic N) is 4. The smallest absolute Gasteiger partial charge is 0.294 e. The van der Waals surface area contributed by atoms with Crippen molar-refractivity contribution in [1.82, 2.24) is 25.1 Å². The van der Waals surface area contributed by atoms with Gasteiger partial charge in [0.25, 0.3) is 11.1 Å². The Kier molecular flexibility index (Phi) is 5.50. The molecular formula is C22H19BrN6O2S. The zero-order chi connectivity index (χ0) is 22.2. The van der Waals surface area contributed by atoms with E-state index < -0.39 is 0 Å². The van der Waals surface area contributed by atoms with E-state index in [1.807, 2.05) is 42.1 Å². The number of nitrogens with one attached hydrogen (secondary N) is 1. The van der Waals surface area contributed by atoms with Crippen LogP contribution in [-0.4, -0.2) is 32.2 Å². The summed E-state index contributed by atoms with van der Waals surface area (Å²) in [6, 6.07) is 9.41. The molecule has 3 heterocycles. The average molecular weight is 511 g/mol. The number of fused-ring (bicyclic) bond motifs is 3. The molecule has 1 aliphatic carbocycles. The van der Waals surface area contributed by atoms with Crippen LogP contribution in [0, 0.1) is 0 Å². The second-order valence-corrected chi connectivity index (χ2v) is 9.04. The SMILES string of the molecule is CCNC(=O)c1ccc(-n2nc(-c3cccnc3)c3c2-c2sc(ON)nc2CC3)c(Br)c1. The van der Waals surface area contributed by atoms with Crippen LogP contribution in [0.15, 0.2) is 47.2 Å². The molecule has 4 aromatic rings. The molecule has 3 N–H and O–H groups in total. The Balaban J connectivity index is 1.71. The molecule has 0 aliphatic heterocycles. The van der Waals surface area contributed by atoms with E-state index in [0.29, 0.717) is 17.3 Å². The van der Waals surface area contributed by atoms with E-state index in [1.54, 1.807) is 12.3 Å². The van der Waals surface area contributed by atoms with Crippen LogP contribution in [0.4, 0.5) is 0 Å². The number of carbonyl (C=O) groups is 1. The Morgan fingerprint density at radius 1 is 1.34 bits per heavy atom. The highest BCUT2D eigenvalue weighted by Crippen LogP contribution is 2.45. The normalized spacial score (nSPS) is 12.2. The molecule has 32 heavy (non-hydrogen) atoms. The number of nitrogens with two attached hydrogens (primary N) is 1. The standard InChI is InChI=1S/C22H19BrN6O2S/c1-2-26-21(30)12-5-8-17(15(23)10-12)29-19-14(18(28-29)13-4-3-9-25-11-13)6-7-16-20(19)32-22(27-16)31-24/h3-5,8-11H,2,6-7,24H2,1H3,(H,26,30). The maximum Gasteiger partial charge on any atom is 0.294 e. The fraction of sp³-hybridized carbons (Fsp3) is 0.182. The molecule has 1 aromatic carbocycles. The first kappa shape index (κ1) is 20.8. The predicted octanol–water partition coefficient (Wildman–Crippen LogP) is 3.92. The predicted molar refractivity (Wildman–Crippen MR) is 126 cm³/mol. The number of hydrogen-bond donors (Lipinski definition) is 2. The van der Waals surface area contributed by atoms with Crippen molar-refractivity contribution >= 4 is 33.2 Å². The minimum atomic E-state index is -0.118. The number of amides is 1. The van der Waals surface area contributed by atoms with Crippen molar-refractivity contribution in [2.45, 2.75) is 19.8 Å². The lowest BCUT2D eigenvalue weighted by Crippen LogP contribution is -2.22. The lowest BCUT2D eigenvalue weighted by atomic mass is 9.95. The van der Waals surface area contributed by atoms with E-state index in [4.69, 9.17) is 15.8 Å². The van der Waals surface area contributed by atoms with Crippen LogP contribution in [0.1, 0.15) is 28.5 Å². The lowest BCUT2D eigenvalue weighted by molar-refractivity contribution is 0.0956. The highest BCUT2D eigenvalue weighted by molar-refractivity contribution is 9.10. The van der Waals surface area contributed by atoms with Gasteiger partial charge in [0, 0.05) is 40.1 Å². The van der Waals surface area contributed by atoms with Gasteiger partial charge in [-0.3, -0.25) is 9.78 Å². The van der Waals surface area contributed by atoms with E-state index in [1.165, 1.54) is 11.3 Å². The molecule has 0 saturated heterocycles. The minimum absolute atomic E-state index is 0.118. The zero-order valence-corrected chi connectivity index (χ0v) is 19.5. The fourth-order valence-corrected chi connectivity index (χ4v) is 5.39. The van der Waals surface area contributed by atoms with Crippen molar-refractivity contribution in [3.05, 3.63) is 64.0 Å². The van der Waals surface area contributed by atoms with Crippen LogP contribution in [0.25, 0.3) is 27.5 Å². The third kappa shape index (κ3) is 3.50. The number of thiazole rings is 1. The maximum absolute atomic E-state index is 12.3. The minimum Gasteiger partial charge on any atom is -0.380 e. The monoisotopic (exact) mass is 510 g/mol. The molecule has 0 saturated carbocycles. The number of rotatable bonds is 5. The van der Waals surface area contributed by atoms with Crippen LogP contribution in [0.5, 0.6) is 5.19 Å². The van der Waals surface area contributed by atoms with Crippen LogP contribution in [0.2, 0.25) is 0 Å². The van der Waals surface area contributed by atoms with Gasteiger partial charge < -0.3 is 10.2 Å². The Morgan fingerprint density at radius 3 is 2.94 bits per heavy atom. The number of pyridine rings is 1. The summed E-state index contributed by atoms with van der Waals surface area (Å²) in [7, 11) is 0. The third-order valence-electron chi connectivity index (χ3n) is 5.30. The van der Waals surface area contributed by atoms with Gasteiger partial charge in [0.2, 0.25) is 0 Å². The Bertz CT molecular complexity index is 1320. The van der Waals surface area contributed by atoms with Gasteiger partial charge in [-0.05, 0) is 66.0 Å². The third-order valence-corrected chi connectivity index (χ3v) is 6.93. The number of hydrogen-bond acceptors (Lipinski definition) is 7. The van der Waals surface area contributed by atoms with Gasteiger partial charge in [0.15, 0.2) is 0 Å². The van der Waals surface area contributed by atoms with Gasteiger partial charge >= 0.3 is 0 Å². The summed E-state index contributed by atoms with van der Waals surface area (Å²) in [6.07, 6.45) is 5.12. The number of aryl methyl sites for hydroxylation is 1. The fourth-order valence-electron chi connectivity index (χ4n) is 3.89. The van der Waals surface area contributed by atoms with Crippen LogP contribution in [-0.2, 0) is 12.8 Å². The molecule has 3 aromatic heterocycles. The maximum atomic E-state index is 12.3. The van der Waals surface area contributed by atoms with Crippen molar-refractivity contribution in [2.75, 3.05) is 6.54 Å². The first-order valence-electron chi connectivity index (χ1n) is 10.1. The first-order chi connectivity index (χ1) is 15.6. The topological polar surface area (TPSA) is 108 Å². The molecule has 8 nitrogen and oxygen atoms in total. The highest BCUT2D eigenvalue weighted by Gasteiger charge is 2.30. The molecule has 162 valence electrons. The molecule has 0 atom stereocenters. The quantitative estimate of drug-likeness (QED) is 0.394. The van der Waals surface area contributed by atoms with Gasteiger partial charge in [-0.25, -0.2) is 9.67 Å². The molecular weight excluding hydrogens is 492 g/mol. The Morgan fingerprint density at radius 2 is 2.22 bits per heavy atom. The second-order valence-electron chi connectivity index (χ2n) is 7.23. The van der Waals surface area contributed by atoms with Gasteiger partial charge in [0.05, 0.1) is 27.6 Å². The lowest BCUT2D eigenvalue weighted by Gasteiger charge is -2.15. The summed E-state index contributed by atoms with van der Waals surface area (Å²) in [4.78, 5) is 27.0. The van der Waals surface area contributed by atoms with Crippen LogP contribution < -0.4 is 16.1 Å². The largest absolute Gasteiger partial charge is 0.380 e. The molecule has 0 bridgehead atoms. The summed E-state index contributed by atoms with van der Waals surface area (Å²) < 4.78 is 2.66. The summed E-state index contributed by atoms with van der Waals surface area (Å²) in [5, 5.41) is 8.24. The molecule has 0 unspecified atom stereocenters. The van der Waals surface area contributed by atoms with E-state index in [-0.39, 0.29) is 5.91 Å². The first-order valence-corrected chi connectivity index (χ1v) is 11.7. The number of benzene rings is 1. The molecule has 1 aliphatic rings. The number of halogens is 1. The van der Waals surface area contributed by atoms with Gasteiger partial charge in [-0.1, -0.05) is 11.3 Å². The van der Waals surface area contributed by atoms with Crippen molar-refractivity contribution in [1.29, 1.82) is 0 Å². The van der Waals surface area contributed by atoms with Crippen molar-refractivity contribution in [2.24, 2.45) is 5.90 Å². The van der Waals surface area contributed by atoms with Gasteiger partial charge in [-0.2, -0.15) is 11.0 Å². The molecule has 1 amide bonds. The van der Waals surface area contributed by atoms with Crippen molar-refractivity contribution in [3.63, 3.8) is 0 Å². The van der Waals surface area contributed by atoms with Crippen LogP contribution >= 0.6 is 27.3 Å². The summed E-state index contributed by atoms with van der Waals surface area (Å²) >= 11 is 5.05. The molecule has 0 spiro atoms. The van der Waals surface area contributed by atoms with E-state index in [2.05, 4.69) is 31.2 Å². The molecule has 0 radical (unpaired) electrons. The molecule has 5 rings (SSSR count). The average Bonchev–Trinajstić information content (AvgIpc) is 3.41. The summed E-state index contributed by atoms with van der Waals surface area (Å²) in [5.41, 5.74) is 6.24. The second kappa shape index (κ2) is 8.45. The Hall–Kier alpha value is -3.08. The summed E-state index contributed by atoms with van der Waals surface area (Å²) in [5.74, 6) is 5.28. The number of carbonyl (C=O) groups excluding carboxylic acids is 1. The zero-order valence-electron chi connectivity index (χ0n) is 17.1. The van der Waals surface area contributed by atoms with Crippen molar-refractivity contribution in [3.8, 4) is 32.7 Å². The van der Waals surface area contributed by atoms with E-state index >= 15 is 0 Å². The van der Waals surface area contributed by atoms with Crippen LogP contribution in [0.3, 0.4) is 0 Å². The van der Waals surface area contributed by atoms with E-state index in [0.717, 1.165) is 56.1 Å². The Labute approximate surface area is 196 Å². The highest BCUT2D eigenvalue weighted by atomic mass is 79.9. The van der Waals surface area contributed by atoms with Crippen molar-refractivity contribution < 1.29 is 9.63 Å². The molecule has 10 heteroatoms. The number of aromatic nitrogens is 4.